The summed E-state index contributed by atoms with van der Waals surface area (Å²) in [7, 11) is -0.766. The maximum atomic E-state index is 13.4. The van der Waals surface area contributed by atoms with Crippen LogP contribution < -0.4 is 15.1 Å². The van der Waals surface area contributed by atoms with Crippen LogP contribution in [0, 0.1) is 0 Å². The van der Waals surface area contributed by atoms with Crippen LogP contribution in [0.5, 0.6) is 0 Å². The molecule has 1 N–H and O–H groups in total. The first kappa shape index (κ1) is 23.0. The average Bonchev–Trinajstić information content (AvgIpc) is 2.80. The molecule has 2 saturated heterocycles. The van der Waals surface area contributed by atoms with Gasteiger partial charge in [-0.05, 0) is 37.5 Å². The standard InChI is InChI=1S/C21H30N4O6S/c1-23(2)32(28,29)16-6-7-17-19(11-16)25(21(27)18-5-3-4-8-24(17)18)13-20(26)22-12-15-14-30-9-10-31-15/h6-7,11,15,18H,3-5,8-10,12-14H2,1-2H3,(H,22,26)/t15-,18+/m1/s1. The summed E-state index contributed by atoms with van der Waals surface area (Å²) in [6, 6.07) is 4.47. The Morgan fingerprint density at radius 1 is 1.22 bits per heavy atom. The third kappa shape index (κ3) is 4.47. The lowest BCUT2D eigenvalue weighted by Gasteiger charge is -2.45. The number of nitrogens with zero attached hydrogens (tertiary/aromatic N) is 3. The second-order valence-corrected chi connectivity index (χ2v) is 10.6. The van der Waals surface area contributed by atoms with E-state index in [1.54, 1.807) is 12.1 Å². The van der Waals surface area contributed by atoms with Crippen molar-refractivity contribution in [3.63, 3.8) is 0 Å². The minimum Gasteiger partial charge on any atom is -0.376 e. The molecule has 0 radical (unpaired) electrons. The van der Waals surface area contributed by atoms with Gasteiger partial charge in [0, 0.05) is 27.2 Å². The highest BCUT2D eigenvalue weighted by Gasteiger charge is 2.40. The molecule has 32 heavy (non-hydrogen) atoms. The van der Waals surface area contributed by atoms with Gasteiger partial charge in [0.1, 0.15) is 12.6 Å². The van der Waals surface area contributed by atoms with Crippen molar-refractivity contribution in [2.24, 2.45) is 0 Å². The monoisotopic (exact) mass is 466 g/mol. The first-order chi connectivity index (χ1) is 15.3. The van der Waals surface area contributed by atoms with E-state index in [1.165, 1.54) is 25.1 Å². The third-order valence-corrected chi connectivity index (χ3v) is 7.90. The summed E-state index contributed by atoms with van der Waals surface area (Å²) in [6.07, 6.45) is 2.39. The molecule has 0 saturated carbocycles. The molecular weight excluding hydrogens is 436 g/mol. The van der Waals surface area contributed by atoms with E-state index in [0.717, 1.165) is 29.4 Å². The molecule has 11 heteroatoms. The second-order valence-electron chi connectivity index (χ2n) is 8.44. The number of benzene rings is 1. The van der Waals surface area contributed by atoms with Crippen molar-refractivity contribution in [2.75, 3.05) is 63.4 Å². The number of carbonyl (C=O) groups excluding carboxylic acids is 2. The molecule has 0 unspecified atom stereocenters. The van der Waals surface area contributed by atoms with Crippen LogP contribution in [0.1, 0.15) is 19.3 Å². The minimum atomic E-state index is -3.69. The highest BCUT2D eigenvalue weighted by atomic mass is 32.2. The lowest BCUT2D eigenvalue weighted by atomic mass is 9.96. The lowest BCUT2D eigenvalue weighted by molar-refractivity contribution is -0.126. The van der Waals surface area contributed by atoms with Crippen LogP contribution in [0.25, 0.3) is 0 Å². The predicted octanol–water partition coefficient (Wildman–Crippen LogP) is 0.174. The highest BCUT2D eigenvalue weighted by molar-refractivity contribution is 7.89. The number of anilines is 2. The maximum Gasteiger partial charge on any atom is 0.250 e. The van der Waals surface area contributed by atoms with Crippen LogP contribution >= 0.6 is 0 Å². The molecule has 0 aliphatic carbocycles. The van der Waals surface area contributed by atoms with Gasteiger partial charge < -0.3 is 19.7 Å². The van der Waals surface area contributed by atoms with E-state index in [4.69, 9.17) is 9.47 Å². The second kappa shape index (κ2) is 9.34. The van der Waals surface area contributed by atoms with Gasteiger partial charge in [0.15, 0.2) is 0 Å². The number of piperidine rings is 1. The number of hydrogen-bond acceptors (Lipinski definition) is 7. The van der Waals surface area contributed by atoms with Gasteiger partial charge >= 0.3 is 0 Å². The number of sulfonamides is 1. The van der Waals surface area contributed by atoms with E-state index in [2.05, 4.69) is 5.32 Å². The Morgan fingerprint density at radius 3 is 2.75 bits per heavy atom. The van der Waals surface area contributed by atoms with Crippen LogP contribution in [0.4, 0.5) is 11.4 Å². The molecule has 2 amide bonds. The zero-order valence-corrected chi connectivity index (χ0v) is 19.3. The number of nitrogens with one attached hydrogen (secondary N) is 1. The van der Waals surface area contributed by atoms with Crippen LogP contribution in [-0.2, 0) is 29.1 Å². The third-order valence-electron chi connectivity index (χ3n) is 6.09. The minimum absolute atomic E-state index is 0.0858. The molecule has 1 aromatic rings. The zero-order chi connectivity index (χ0) is 22.9. The maximum absolute atomic E-state index is 13.4. The Hall–Kier alpha value is -2.21. The summed E-state index contributed by atoms with van der Waals surface area (Å²) in [5, 5.41) is 2.81. The van der Waals surface area contributed by atoms with Crippen molar-refractivity contribution < 1.29 is 27.5 Å². The molecule has 3 aliphatic rings. The van der Waals surface area contributed by atoms with Gasteiger partial charge in [0.2, 0.25) is 21.8 Å². The number of amides is 2. The van der Waals surface area contributed by atoms with Crippen molar-refractivity contribution in [1.82, 2.24) is 9.62 Å². The molecule has 2 fully saturated rings. The van der Waals surface area contributed by atoms with Crippen LogP contribution in [0.15, 0.2) is 23.1 Å². The molecule has 0 bridgehead atoms. The van der Waals surface area contributed by atoms with Crippen molar-refractivity contribution >= 4 is 33.2 Å². The first-order valence-electron chi connectivity index (χ1n) is 10.9. The van der Waals surface area contributed by atoms with Gasteiger partial charge in [-0.1, -0.05) is 0 Å². The zero-order valence-electron chi connectivity index (χ0n) is 18.5. The van der Waals surface area contributed by atoms with Crippen molar-refractivity contribution in [1.29, 1.82) is 0 Å². The van der Waals surface area contributed by atoms with Crippen molar-refractivity contribution in [2.45, 2.75) is 36.3 Å². The fourth-order valence-electron chi connectivity index (χ4n) is 4.35. The van der Waals surface area contributed by atoms with Gasteiger partial charge in [-0.3, -0.25) is 14.5 Å². The summed E-state index contributed by atoms with van der Waals surface area (Å²) in [5.74, 6) is -0.507. The summed E-state index contributed by atoms with van der Waals surface area (Å²) in [4.78, 5) is 29.6. The Morgan fingerprint density at radius 2 is 2.03 bits per heavy atom. The largest absolute Gasteiger partial charge is 0.376 e. The van der Waals surface area contributed by atoms with E-state index in [-0.39, 0.29) is 35.4 Å². The summed E-state index contributed by atoms with van der Waals surface area (Å²) < 4.78 is 37.4. The summed E-state index contributed by atoms with van der Waals surface area (Å²) in [6.45, 7) is 2.27. The highest BCUT2D eigenvalue weighted by Crippen LogP contribution is 2.40. The molecule has 1 aromatic carbocycles. The molecule has 3 aliphatic heterocycles. The summed E-state index contributed by atoms with van der Waals surface area (Å²) >= 11 is 0. The van der Waals surface area contributed by atoms with Crippen LogP contribution in [-0.4, -0.2) is 90.2 Å². The van der Waals surface area contributed by atoms with E-state index >= 15 is 0 Å². The van der Waals surface area contributed by atoms with Gasteiger partial charge in [0.25, 0.3) is 0 Å². The average molecular weight is 467 g/mol. The molecule has 3 heterocycles. The Kier molecular flexibility index (Phi) is 6.70. The Bertz CT molecular complexity index is 977. The molecule has 0 spiro atoms. The normalized spacial score (nSPS) is 23.7. The molecule has 2 atom stereocenters. The smallest absolute Gasteiger partial charge is 0.250 e. The number of fused-ring (bicyclic) bond motifs is 3. The molecule has 176 valence electrons. The predicted molar refractivity (Wildman–Crippen MR) is 118 cm³/mol. The van der Waals surface area contributed by atoms with Gasteiger partial charge in [-0.25, -0.2) is 12.7 Å². The van der Waals surface area contributed by atoms with E-state index in [9.17, 15) is 18.0 Å². The number of carbonyl (C=O) groups is 2. The van der Waals surface area contributed by atoms with Gasteiger partial charge in [-0.15, -0.1) is 0 Å². The molecule has 10 nitrogen and oxygen atoms in total. The molecule has 0 aromatic heterocycles. The van der Waals surface area contributed by atoms with Gasteiger partial charge in [-0.2, -0.15) is 0 Å². The Labute approximate surface area is 188 Å². The lowest BCUT2D eigenvalue weighted by Crippen LogP contribution is -2.57. The topological polar surface area (TPSA) is 108 Å². The van der Waals surface area contributed by atoms with Crippen molar-refractivity contribution in [3.05, 3.63) is 18.2 Å². The van der Waals surface area contributed by atoms with Gasteiger partial charge in [0.05, 0.1) is 42.2 Å². The van der Waals surface area contributed by atoms with Crippen LogP contribution in [0.2, 0.25) is 0 Å². The SMILES string of the molecule is CN(C)S(=O)(=O)c1ccc2c(c1)N(CC(=O)NC[C@@H]1COCCO1)C(=O)[C@@H]1CCCCN21. The first-order valence-corrected chi connectivity index (χ1v) is 12.3. The Balaban J connectivity index is 1.60. The summed E-state index contributed by atoms with van der Waals surface area (Å²) in [5.41, 5.74) is 1.23. The quantitative estimate of drug-likeness (QED) is 0.637. The van der Waals surface area contributed by atoms with E-state index in [1.807, 2.05) is 4.90 Å². The van der Waals surface area contributed by atoms with E-state index < -0.39 is 10.0 Å². The molecular formula is C21H30N4O6S. The molecule has 4 rings (SSSR count). The fourth-order valence-corrected chi connectivity index (χ4v) is 5.28. The number of hydrogen-bond donors (Lipinski definition) is 1. The van der Waals surface area contributed by atoms with E-state index in [0.29, 0.717) is 38.5 Å². The number of ether oxygens (including phenoxy) is 2. The fraction of sp³-hybridized carbons (Fsp3) is 0.619. The van der Waals surface area contributed by atoms with Crippen molar-refractivity contribution in [3.8, 4) is 0 Å². The van der Waals surface area contributed by atoms with Crippen LogP contribution in [0.3, 0.4) is 0 Å². The number of rotatable bonds is 6.